The summed E-state index contributed by atoms with van der Waals surface area (Å²) < 4.78 is 13.6. The van der Waals surface area contributed by atoms with Crippen LogP contribution in [0.2, 0.25) is 0 Å². The van der Waals surface area contributed by atoms with Crippen molar-refractivity contribution in [3.05, 3.63) is 89.2 Å². The third-order valence-corrected chi connectivity index (χ3v) is 7.84. The van der Waals surface area contributed by atoms with Crippen molar-refractivity contribution in [3.8, 4) is 0 Å². The van der Waals surface area contributed by atoms with Gasteiger partial charge in [0.1, 0.15) is 12.4 Å². The minimum Gasteiger partial charge on any atom is -0.324 e. The zero-order valence-corrected chi connectivity index (χ0v) is 20.2. The third kappa shape index (κ3) is 3.69. The molecule has 2 heterocycles. The molecule has 0 saturated carbocycles. The molecular formula is C27H24FN3O3S. The lowest BCUT2D eigenvalue weighted by molar-refractivity contribution is -0.124. The Labute approximate surface area is 207 Å². The Hall–Kier alpha value is -3.65. The topological polar surface area (TPSA) is 69.7 Å². The van der Waals surface area contributed by atoms with Crippen molar-refractivity contribution in [2.75, 3.05) is 27.4 Å². The number of fused-ring (bicyclic) bond motifs is 2. The van der Waals surface area contributed by atoms with E-state index in [4.69, 9.17) is 0 Å². The smallest absolute Gasteiger partial charge is 0.269 e. The molecule has 3 amide bonds. The fraction of sp³-hybridized carbons (Fsp3) is 0.222. The van der Waals surface area contributed by atoms with Gasteiger partial charge in [0, 0.05) is 16.9 Å². The summed E-state index contributed by atoms with van der Waals surface area (Å²) in [5.41, 5.74) is 4.38. The molecule has 1 saturated heterocycles. The Morgan fingerprint density at radius 3 is 2.54 bits per heavy atom. The number of carbonyl (C=O) groups is 3. The van der Waals surface area contributed by atoms with Crippen molar-refractivity contribution in [2.24, 2.45) is 0 Å². The lowest BCUT2D eigenvalue weighted by atomic mass is 10.0. The van der Waals surface area contributed by atoms with Crippen LogP contribution in [0.5, 0.6) is 0 Å². The molecule has 6 nitrogen and oxygen atoms in total. The van der Waals surface area contributed by atoms with Gasteiger partial charge in [0.05, 0.1) is 11.4 Å². The summed E-state index contributed by atoms with van der Waals surface area (Å²) in [6, 6.07) is 18.6. The van der Waals surface area contributed by atoms with Crippen LogP contribution in [0.15, 0.2) is 66.7 Å². The van der Waals surface area contributed by atoms with Crippen LogP contribution in [-0.4, -0.2) is 30.0 Å². The molecule has 0 unspecified atom stereocenters. The highest BCUT2D eigenvalue weighted by atomic mass is 32.2. The summed E-state index contributed by atoms with van der Waals surface area (Å²) in [5, 5.41) is 2.98. The van der Waals surface area contributed by atoms with E-state index in [-0.39, 0.29) is 30.0 Å². The fourth-order valence-electron chi connectivity index (χ4n) is 4.83. The maximum Gasteiger partial charge on any atom is 0.269 e. The van der Waals surface area contributed by atoms with Crippen LogP contribution in [0.3, 0.4) is 0 Å². The highest BCUT2D eigenvalue weighted by Gasteiger charge is 2.61. The Bertz CT molecular complexity index is 1340. The maximum atomic E-state index is 14.0. The predicted octanol–water partition coefficient (Wildman–Crippen LogP) is 4.61. The molecule has 178 valence electrons. The summed E-state index contributed by atoms with van der Waals surface area (Å²) in [6.07, 6.45) is 0.761. The molecule has 2 aliphatic heterocycles. The molecule has 2 aliphatic rings. The zero-order valence-electron chi connectivity index (χ0n) is 19.4. The summed E-state index contributed by atoms with van der Waals surface area (Å²) in [4.78, 5) is 41.7. The molecular weight excluding hydrogens is 465 g/mol. The molecule has 3 aromatic rings. The van der Waals surface area contributed by atoms with E-state index in [0.29, 0.717) is 16.9 Å². The van der Waals surface area contributed by atoms with Gasteiger partial charge in [0.2, 0.25) is 16.7 Å². The summed E-state index contributed by atoms with van der Waals surface area (Å²) in [7, 11) is 0. The summed E-state index contributed by atoms with van der Waals surface area (Å²) >= 11 is 1.22. The number of anilines is 3. The van der Waals surface area contributed by atoms with E-state index in [1.165, 1.54) is 45.8 Å². The maximum absolute atomic E-state index is 14.0. The van der Waals surface area contributed by atoms with Gasteiger partial charge in [-0.05, 0) is 54.8 Å². The molecule has 1 N–H and O–H groups in total. The fourth-order valence-corrected chi connectivity index (χ4v) is 6.19. The quantitative estimate of drug-likeness (QED) is 0.568. The lowest BCUT2D eigenvalue weighted by Gasteiger charge is -2.33. The first-order valence-corrected chi connectivity index (χ1v) is 12.4. The Morgan fingerprint density at radius 2 is 1.80 bits per heavy atom. The van der Waals surface area contributed by atoms with Crippen LogP contribution in [0.1, 0.15) is 23.6 Å². The van der Waals surface area contributed by atoms with Gasteiger partial charge >= 0.3 is 0 Å². The van der Waals surface area contributed by atoms with E-state index in [0.717, 1.165) is 23.2 Å². The number of benzene rings is 3. The largest absolute Gasteiger partial charge is 0.324 e. The first-order chi connectivity index (χ1) is 16.9. The van der Waals surface area contributed by atoms with Crippen molar-refractivity contribution < 1.29 is 18.8 Å². The molecule has 1 fully saturated rings. The van der Waals surface area contributed by atoms with E-state index in [9.17, 15) is 18.8 Å². The van der Waals surface area contributed by atoms with Gasteiger partial charge in [0.25, 0.3) is 5.91 Å². The van der Waals surface area contributed by atoms with Crippen LogP contribution in [0.4, 0.5) is 21.5 Å². The van der Waals surface area contributed by atoms with Gasteiger partial charge in [-0.15, -0.1) is 11.8 Å². The number of amides is 3. The number of nitrogens with one attached hydrogen (secondary N) is 1. The number of para-hydroxylation sites is 2. The zero-order chi connectivity index (χ0) is 24.7. The number of hydrogen-bond acceptors (Lipinski definition) is 4. The second-order valence-corrected chi connectivity index (χ2v) is 9.73. The molecule has 5 rings (SSSR count). The molecule has 0 bridgehead atoms. The van der Waals surface area contributed by atoms with Crippen molar-refractivity contribution in [3.63, 3.8) is 0 Å². The molecule has 35 heavy (non-hydrogen) atoms. The minimum absolute atomic E-state index is 0.0978. The normalized spacial score (nSPS) is 18.9. The molecule has 3 aromatic carbocycles. The van der Waals surface area contributed by atoms with Crippen LogP contribution in [0.25, 0.3) is 0 Å². The average molecular weight is 490 g/mol. The van der Waals surface area contributed by atoms with Crippen LogP contribution >= 0.6 is 11.8 Å². The van der Waals surface area contributed by atoms with Crippen molar-refractivity contribution >= 4 is 46.5 Å². The Balaban J connectivity index is 1.51. The molecule has 0 radical (unpaired) electrons. The summed E-state index contributed by atoms with van der Waals surface area (Å²) in [6.45, 7) is 3.76. The average Bonchev–Trinajstić information content (AvgIpc) is 3.32. The van der Waals surface area contributed by atoms with Gasteiger partial charge in [-0.3, -0.25) is 24.2 Å². The Kier molecular flexibility index (Phi) is 5.84. The van der Waals surface area contributed by atoms with Gasteiger partial charge in [0.15, 0.2) is 0 Å². The van der Waals surface area contributed by atoms with Crippen molar-refractivity contribution in [1.82, 2.24) is 0 Å². The molecule has 0 aliphatic carbocycles. The van der Waals surface area contributed by atoms with Crippen molar-refractivity contribution in [2.45, 2.75) is 25.1 Å². The van der Waals surface area contributed by atoms with E-state index in [1.54, 1.807) is 12.1 Å². The van der Waals surface area contributed by atoms with Crippen LogP contribution < -0.4 is 15.1 Å². The summed E-state index contributed by atoms with van der Waals surface area (Å²) in [5.74, 6) is -1.27. The monoisotopic (exact) mass is 489 g/mol. The highest BCUT2D eigenvalue weighted by molar-refractivity contribution is 8.02. The first kappa shape index (κ1) is 23.1. The number of aryl methyl sites for hydroxylation is 2. The standard InChI is InChI=1S/C27H24FN3O3S/c1-3-18-8-6-7-17(2)25(18)29-23(32)15-30-22-10-5-4-9-21(22)27(26(30)34)31(24(33)16-35-27)20-13-11-19(28)12-14-20/h4-14H,3,15-16H2,1-2H3,(H,29,32)/t27-/m0/s1. The number of hydrogen-bond donors (Lipinski definition) is 1. The van der Waals surface area contributed by atoms with Gasteiger partial charge < -0.3 is 5.32 Å². The third-order valence-electron chi connectivity index (χ3n) is 6.45. The minimum atomic E-state index is -1.34. The van der Waals surface area contributed by atoms with E-state index < -0.39 is 10.7 Å². The van der Waals surface area contributed by atoms with Gasteiger partial charge in [-0.25, -0.2) is 4.39 Å². The number of thioether (sulfide) groups is 1. The van der Waals surface area contributed by atoms with Crippen LogP contribution in [0, 0.1) is 12.7 Å². The lowest BCUT2D eigenvalue weighted by Crippen LogP contribution is -2.50. The number of nitrogens with zero attached hydrogens (tertiary/aromatic N) is 2. The van der Waals surface area contributed by atoms with Crippen LogP contribution in [-0.2, 0) is 25.7 Å². The number of carbonyl (C=O) groups excluding carboxylic acids is 3. The molecule has 1 atom stereocenters. The van der Waals surface area contributed by atoms with E-state index >= 15 is 0 Å². The van der Waals surface area contributed by atoms with E-state index in [1.807, 2.05) is 44.2 Å². The molecule has 8 heteroatoms. The first-order valence-electron chi connectivity index (χ1n) is 11.4. The highest BCUT2D eigenvalue weighted by Crippen LogP contribution is 2.55. The second kappa shape index (κ2) is 8.85. The predicted molar refractivity (Wildman–Crippen MR) is 136 cm³/mol. The van der Waals surface area contributed by atoms with E-state index in [2.05, 4.69) is 5.32 Å². The number of halogens is 1. The number of rotatable bonds is 5. The Morgan fingerprint density at radius 1 is 1.06 bits per heavy atom. The second-order valence-electron chi connectivity index (χ2n) is 8.56. The SMILES string of the molecule is CCc1cccc(C)c1NC(=O)CN1C(=O)[C@@]2(SCC(=O)N2c2ccc(F)cc2)c2ccccc21. The van der Waals surface area contributed by atoms with Crippen molar-refractivity contribution in [1.29, 1.82) is 0 Å². The molecule has 1 spiro atoms. The van der Waals surface area contributed by atoms with Gasteiger partial charge in [-0.1, -0.05) is 43.3 Å². The van der Waals surface area contributed by atoms with Gasteiger partial charge in [-0.2, -0.15) is 0 Å². The molecule has 0 aromatic heterocycles.